The van der Waals surface area contributed by atoms with E-state index in [1.54, 1.807) is 12.1 Å². The van der Waals surface area contributed by atoms with E-state index < -0.39 is 5.82 Å². The van der Waals surface area contributed by atoms with Gasteiger partial charge in [0.05, 0.1) is 7.11 Å². The quantitative estimate of drug-likeness (QED) is 0.942. The summed E-state index contributed by atoms with van der Waals surface area (Å²) in [5.41, 5.74) is 0.708. The molecule has 1 heterocycles. The average Bonchev–Trinajstić information content (AvgIpc) is 2.41. The number of ether oxygens (including phenoxy) is 1. The first kappa shape index (κ1) is 13.5. The van der Waals surface area contributed by atoms with Crippen LogP contribution in [-0.2, 0) is 0 Å². The Hall–Kier alpha value is -1.95. The maximum atomic E-state index is 13.2. The van der Waals surface area contributed by atoms with Crippen molar-refractivity contribution >= 4 is 27.5 Å². The van der Waals surface area contributed by atoms with E-state index in [2.05, 4.69) is 26.2 Å². The molecule has 19 heavy (non-hydrogen) atoms. The lowest BCUT2D eigenvalue weighted by Gasteiger charge is -2.07. The molecule has 1 N–H and O–H groups in total. The molecular weight excluding hydrogens is 315 g/mol. The van der Waals surface area contributed by atoms with Crippen molar-refractivity contribution in [3.05, 3.63) is 52.5 Å². The molecule has 0 atom stereocenters. The van der Waals surface area contributed by atoms with Crippen LogP contribution in [-0.4, -0.2) is 18.0 Å². The van der Waals surface area contributed by atoms with Gasteiger partial charge in [0.25, 0.3) is 5.91 Å². The van der Waals surface area contributed by atoms with Crippen LogP contribution >= 0.6 is 15.9 Å². The molecule has 0 aliphatic carbocycles. The van der Waals surface area contributed by atoms with E-state index in [-0.39, 0.29) is 17.4 Å². The average molecular weight is 325 g/mol. The van der Waals surface area contributed by atoms with Gasteiger partial charge in [0, 0.05) is 22.4 Å². The van der Waals surface area contributed by atoms with Crippen LogP contribution in [0, 0.1) is 5.82 Å². The van der Waals surface area contributed by atoms with Crippen molar-refractivity contribution in [1.29, 1.82) is 0 Å². The number of rotatable bonds is 3. The third kappa shape index (κ3) is 3.29. The lowest BCUT2D eigenvalue weighted by Crippen LogP contribution is -2.13. The summed E-state index contributed by atoms with van der Waals surface area (Å²) in [4.78, 5) is 15.9. The van der Waals surface area contributed by atoms with Gasteiger partial charge in [0.2, 0.25) is 0 Å². The van der Waals surface area contributed by atoms with E-state index in [0.29, 0.717) is 5.69 Å². The number of aromatic nitrogens is 1. The van der Waals surface area contributed by atoms with Crippen molar-refractivity contribution in [1.82, 2.24) is 4.98 Å². The highest BCUT2D eigenvalue weighted by Gasteiger charge is 2.09. The second-order valence-corrected chi connectivity index (χ2v) is 4.58. The van der Waals surface area contributed by atoms with Gasteiger partial charge in [-0.25, -0.2) is 9.37 Å². The minimum atomic E-state index is -0.484. The third-order valence-corrected chi connectivity index (χ3v) is 2.84. The number of hydrogen-bond donors (Lipinski definition) is 1. The number of pyridine rings is 1. The van der Waals surface area contributed by atoms with Crippen molar-refractivity contribution in [3.63, 3.8) is 0 Å². The summed E-state index contributed by atoms with van der Waals surface area (Å²) in [5.74, 6) is -0.787. The highest BCUT2D eigenvalue weighted by molar-refractivity contribution is 9.10. The van der Waals surface area contributed by atoms with Gasteiger partial charge in [-0.15, -0.1) is 0 Å². The molecule has 0 fully saturated rings. The Labute approximate surface area is 117 Å². The zero-order valence-electron chi connectivity index (χ0n) is 9.98. The molecule has 0 saturated carbocycles. The molecule has 2 rings (SSSR count). The second-order valence-electron chi connectivity index (χ2n) is 3.67. The molecule has 2 aromatic rings. The molecule has 0 unspecified atom stereocenters. The monoisotopic (exact) mass is 324 g/mol. The number of anilines is 1. The molecule has 98 valence electrons. The fourth-order valence-electron chi connectivity index (χ4n) is 1.44. The SMILES string of the molecule is COc1cc(NC(=O)c2ccc(Br)cn2)ccc1F. The zero-order valence-corrected chi connectivity index (χ0v) is 11.6. The molecule has 1 aromatic heterocycles. The van der Waals surface area contributed by atoms with Crippen molar-refractivity contribution in [2.24, 2.45) is 0 Å². The van der Waals surface area contributed by atoms with Gasteiger partial charge in [-0.1, -0.05) is 0 Å². The maximum absolute atomic E-state index is 13.2. The van der Waals surface area contributed by atoms with Crippen molar-refractivity contribution in [2.45, 2.75) is 0 Å². The Morgan fingerprint density at radius 1 is 1.37 bits per heavy atom. The molecule has 4 nitrogen and oxygen atoms in total. The Kier molecular flexibility index (Phi) is 4.11. The van der Waals surface area contributed by atoms with Crippen molar-refractivity contribution in [2.75, 3.05) is 12.4 Å². The first-order chi connectivity index (χ1) is 9.10. The summed E-state index contributed by atoms with van der Waals surface area (Å²) in [5, 5.41) is 2.62. The first-order valence-electron chi connectivity index (χ1n) is 5.36. The predicted molar refractivity (Wildman–Crippen MR) is 72.8 cm³/mol. The van der Waals surface area contributed by atoms with Gasteiger partial charge >= 0.3 is 0 Å². The van der Waals surface area contributed by atoms with E-state index in [9.17, 15) is 9.18 Å². The van der Waals surface area contributed by atoms with Gasteiger partial charge in [0.15, 0.2) is 11.6 Å². The Morgan fingerprint density at radius 2 is 2.16 bits per heavy atom. The van der Waals surface area contributed by atoms with E-state index in [4.69, 9.17) is 4.74 Å². The third-order valence-electron chi connectivity index (χ3n) is 2.37. The van der Waals surface area contributed by atoms with Crippen LogP contribution in [0.15, 0.2) is 41.0 Å². The van der Waals surface area contributed by atoms with Crippen LogP contribution in [0.1, 0.15) is 10.5 Å². The first-order valence-corrected chi connectivity index (χ1v) is 6.16. The fourth-order valence-corrected chi connectivity index (χ4v) is 1.68. The molecule has 0 saturated heterocycles. The van der Waals surface area contributed by atoms with Crippen molar-refractivity contribution in [3.8, 4) is 5.75 Å². The van der Waals surface area contributed by atoms with Crippen LogP contribution < -0.4 is 10.1 Å². The molecule has 1 amide bonds. The minimum absolute atomic E-state index is 0.0709. The molecule has 0 bridgehead atoms. The molecule has 0 radical (unpaired) electrons. The highest BCUT2D eigenvalue weighted by atomic mass is 79.9. The summed E-state index contributed by atoms with van der Waals surface area (Å²) < 4.78 is 18.8. The molecule has 1 aromatic carbocycles. The maximum Gasteiger partial charge on any atom is 0.274 e. The van der Waals surface area contributed by atoms with Gasteiger partial charge in [-0.05, 0) is 40.2 Å². The lowest BCUT2D eigenvalue weighted by atomic mass is 10.2. The number of carbonyl (C=O) groups is 1. The van der Waals surface area contributed by atoms with Gasteiger partial charge in [0.1, 0.15) is 5.69 Å². The van der Waals surface area contributed by atoms with Crippen LogP contribution in [0.5, 0.6) is 5.75 Å². The lowest BCUT2D eigenvalue weighted by molar-refractivity contribution is 0.102. The van der Waals surface area contributed by atoms with E-state index in [1.807, 2.05) is 0 Å². The number of halogens is 2. The fraction of sp³-hybridized carbons (Fsp3) is 0.0769. The summed E-state index contributed by atoms with van der Waals surface area (Å²) in [6, 6.07) is 7.39. The number of methoxy groups -OCH3 is 1. The highest BCUT2D eigenvalue weighted by Crippen LogP contribution is 2.21. The smallest absolute Gasteiger partial charge is 0.274 e. The Bertz CT molecular complexity index is 602. The van der Waals surface area contributed by atoms with Crippen LogP contribution in [0.4, 0.5) is 10.1 Å². The number of hydrogen-bond acceptors (Lipinski definition) is 3. The largest absolute Gasteiger partial charge is 0.494 e. The van der Waals surface area contributed by atoms with Gasteiger partial charge < -0.3 is 10.1 Å². The molecular formula is C13H10BrFN2O2. The minimum Gasteiger partial charge on any atom is -0.494 e. The summed E-state index contributed by atoms with van der Waals surface area (Å²) >= 11 is 3.24. The van der Waals surface area contributed by atoms with E-state index in [1.165, 1.54) is 31.5 Å². The zero-order chi connectivity index (χ0) is 13.8. The summed E-state index contributed by atoms with van der Waals surface area (Å²) in [6.07, 6.45) is 1.53. The number of carbonyl (C=O) groups excluding carboxylic acids is 1. The van der Waals surface area contributed by atoms with E-state index >= 15 is 0 Å². The standard InChI is InChI=1S/C13H10BrFN2O2/c1-19-12-6-9(3-4-10(12)15)17-13(18)11-5-2-8(14)7-16-11/h2-7H,1H3,(H,17,18). The van der Waals surface area contributed by atoms with Gasteiger partial charge in [-0.3, -0.25) is 4.79 Å². The predicted octanol–water partition coefficient (Wildman–Crippen LogP) is 3.24. The topological polar surface area (TPSA) is 51.2 Å². The van der Waals surface area contributed by atoms with E-state index in [0.717, 1.165) is 4.47 Å². The van der Waals surface area contributed by atoms with Crippen LogP contribution in [0.3, 0.4) is 0 Å². The Morgan fingerprint density at radius 3 is 2.79 bits per heavy atom. The van der Waals surface area contributed by atoms with Crippen LogP contribution in [0.25, 0.3) is 0 Å². The summed E-state index contributed by atoms with van der Waals surface area (Å²) in [7, 11) is 1.36. The second kappa shape index (κ2) is 5.79. The summed E-state index contributed by atoms with van der Waals surface area (Å²) in [6.45, 7) is 0. The van der Waals surface area contributed by atoms with Crippen molar-refractivity contribution < 1.29 is 13.9 Å². The molecule has 0 spiro atoms. The number of nitrogens with zero attached hydrogens (tertiary/aromatic N) is 1. The number of nitrogens with one attached hydrogen (secondary N) is 1. The number of benzene rings is 1. The number of amides is 1. The van der Waals surface area contributed by atoms with Gasteiger partial charge in [-0.2, -0.15) is 0 Å². The Balaban J connectivity index is 2.17. The normalized spacial score (nSPS) is 10.1. The van der Waals surface area contributed by atoms with Crippen LogP contribution in [0.2, 0.25) is 0 Å². The molecule has 6 heteroatoms. The molecule has 0 aliphatic rings. The molecule has 0 aliphatic heterocycles.